The van der Waals surface area contributed by atoms with E-state index >= 15 is 0 Å². The number of anilines is 1. The zero-order valence-corrected chi connectivity index (χ0v) is 12.5. The summed E-state index contributed by atoms with van der Waals surface area (Å²) in [5, 5.41) is 10.5. The Hall–Kier alpha value is -2.83. The first-order chi connectivity index (χ1) is 11.3. The minimum absolute atomic E-state index is 0.125. The summed E-state index contributed by atoms with van der Waals surface area (Å²) >= 11 is 0. The smallest absolute Gasteiger partial charge is 0.246 e. The van der Waals surface area contributed by atoms with E-state index in [0.717, 1.165) is 23.9 Å². The van der Waals surface area contributed by atoms with E-state index in [1.807, 2.05) is 29.3 Å². The Morgan fingerprint density at radius 1 is 1.04 bits per heavy atom. The molecular weight excluding hydrogens is 292 g/mol. The van der Waals surface area contributed by atoms with Gasteiger partial charge >= 0.3 is 0 Å². The molecular formula is C16H16N6O. The minimum Gasteiger partial charge on any atom is -0.300 e. The predicted molar refractivity (Wildman–Crippen MR) is 84.7 cm³/mol. The fourth-order valence-corrected chi connectivity index (χ4v) is 3.00. The number of rotatable bonds is 3. The fourth-order valence-electron chi connectivity index (χ4n) is 3.00. The van der Waals surface area contributed by atoms with E-state index in [9.17, 15) is 4.79 Å². The van der Waals surface area contributed by atoms with Crippen molar-refractivity contribution in [1.82, 2.24) is 25.1 Å². The number of carbonyl (C=O) groups is 1. The molecule has 1 aliphatic carbocycles. The van der Waals surface area contributed by atoms with E-state index < -0.39 is 0 Å². The average molecular weight is 308 g/mol. The van der Waals surface area contributed by atoms with Gasteiger partial charge in [0.25, 0.3) is 0 Å². The molecule has 116 valence electrons. The molecule has 0 N–H and O–H groups in total. The number of carbonyl (C=O) groups excluding carboxylic acids is 1. The van der Waals surface area contributed by atoms with Crippen LogP contribution < -0.4 is 5.01 Å². The summed E-state index contributed by atoms with van der Waals surface area (Å²) in [7, 11) is 0. The summed E-state index contributed by atoms with van der Waals surface area (Å²) < 4.78 is 0. The highest BCUT2D eigenvalue weighted by Crippen LogP contribution is 2.25. The summed E-state index contributed by atoms with van der Waals surface area (Å²) in [6.07, 6.45) is 6.13. The molecule has 4 rings (SSSR count). The number of ketones is 1. The Morgan fingerprint density at radius 3 is 2.57 bits per heavy atom. The molecule has 0 aliphatic heterocycles. The second kappa shape index (κ2) is 5.75. The first-order valence-electron chi connectivity index (χ1n) is 7.71. The largest absolute Gasteiger partial charge is 0.300 e. The van der Waals surface area contributed by atoms with Crippen molar-refractivity contribution in [3.8, 4) is 0 Å². The minimum atomic E-state index is 0.125. The van der Waals surface area contributed by atoms with Crippen LogP contribution in [-0.2, 0) is 4.79 Å². The molecule has 0 atom stereocenters. The molecule has 0 spiro atoms. The van der Waals surface area contributed by atoms with Crippen LogP contribution in [0.1, 0.15) is 25.7 Å². The Balaban J connectivity index is 1.80. The highest BCUT2D eigenvalue weighted by atomic mass is 16.1. The number of fused-ring (bicyclic) bond motifs is 1. The number of Topliss-reactive ketones (excluding diaryl/α,β-unsaturated/α-hetero) is 1. The molecule has 0 bridgehead atoms. The molecule has 1 aliphatic rings. The second-order valence-corrected chi connectivity index (χ2v) is 5.63. The van der Waals surface area contributed by atoms with Crippen LogP contribution in [0.4, 0.5) is 5.95 Å². The second-order valence-electron chi connectivity index (χ2n) is 5.63. The van der Waals surface area contributed by atoms with Gasteiger partial charge in [-0.05, 0) is 36.3 Å². The number of hydrogen-bond donors (Lipinski definition) is 0. The van der Waals surface area contributed by atoms with Crippen LogP contribution in [0.5, 0.6) is 0 Å². The maximum atomic E-state index is 11.6. The zero-order chi connectivity index (χ0) is 15.6. The van der Waals surface area contributed by atoms with E-state index in [1.165, 1.54) is 0 Å². The van der Waals surface area contributed by atoms with Gasteiger partial charge in [-0.2, -0.15) is 0 Å². The fraction of sp³-hybridized carbons (Fsp3) is 0.312. The molecule has 0 amide bonds. The van der Waals surface area contributed by atoms with Crippen molar-refractivity contribution in [2.45, 2.75) is 31.7 Å². The summed E-state index contributed by atoms with van der Waals surface area (Å²) in [5.74, 6) is 0.890. The number of hydrogen-bond acceptors (Lipinski definition) is 6. The molecule has 0 unspecified atom stereocenters. The van der Waals surface area contributed by atoms with Crippen LogP contribution in [0.25, 0.3) is 11.0 Å². The van der Waals surface area contributed by atoms with Gasteiger partial charge in [-0.1, -0.05) is 12.1 Å². The van der Waals surface area contributed by atoms with Crippen molar-refractivity contribution in [1.29, 1.82) is 0 Å². The third kappa shape index (κ3) is 2.54. The lowest BCUT2D eigenvalue weighted by Crippen LogP contribution is -2.43. The Labute approximate surface area is 132 Å². The van der Waals surface area contributed by atoms with Gasteiger partial charge in [0, 0.05) is 25.2 Å². The Bertz CT molecular complexity index is 821. The van der Waals surface area contributed by atoms with E-state index in [2.05, 4.69) is 20.3 Å². The molecule has 23 heavy (non-hydrogen) atoms. The maximum absolute atomic E-state index is 11.6. The predicted octanol–water partition coefficient (Wildman–Crippen LogP) is 2.00. The third-order valence-corrected chi connectivity index (χ3v) is 4.15. The maximum Gasteiger partial charge on any atom is 0.246 e. The van der Waals surface area contributed by atoms with Gasteiger partial charge in [0.1, 0.15) is 16.8 Å². The van der Waals surface area contributed by atoms with Crippen molar-refractivity contribution < 1.29 is 4.79 Å². The molecule has 2 heterocycles. The van der Waals surface area contributed by atoms with Crippen LogP contribution in [-0.4, -0.2) is 36.9 Å². The quantitative estimate of drug-likeness (QED) is 0.736. The Kier molecular flexibility index (Phi) is 3.45. The van der Waals surface area contributed by atoms with Crippen LogP contribution >= 0.6 is 0 Å². The van der Waals surface area contributed by atoms with E-state index in [1.54, 1.807) is 23.3 Å². The highest BCUT2D eigenvalue weighted by Gasteiger charge is 2.29. The summed E-state index contributed by atoms with van der Waals surface area (Å²) in [6.45, 7) is 0. The van der Waals surface area contributed by atoms with Crippen molar-refractivity contribution in [2.24, 2.45) is 0 Å². The topological polar surface area (TPSA) is 76.8 Å². The normalized spacial score (nSPS) is 15.9. The number of aromatic nitrogens is 5. The van der Waals surface area contributed by atoms with Gasteiger partial charge in [-0.3, -0.25) is 4.79 Å². The van der Waals surface area contributed by atoms with Gasteiger partial charge in [0.05, 0.1) is 6.04 Å². The number of para-hydroxylation sites is 1. The summed E-state index contributed by atoms with van der Waals surface area (Å²) in [5.41, 5.74) is 1.72. The molecule has 0 saturated heterocycles. The standard InChI is InChI=1S/C16H16N6O/c23-13-8-6-12(7-9-13)21(16-17-10-3-11-18-16)22-15-5-2-1-4-14(15)19-20-22/h1-5,10-12H,6-9H2. The first kappa shape index (κ1) is 13.8. The van der Waals surface area contributed by atoms with Crippen molar-refractivity contribution in [3.63, 3.8) is 0 Å². The van der Waals surface area contributed by atoms with Gasteiger partial charge in [-0.25, -0.2) is 15.0 Å². The summed E-state index contributed by atoms with van der Waals surface area (Å²) in [4.78, 5) is 22.1. The summed E-state index contributed by atoms with van der Waals surface area (Å²) in [6, 6.07) is 9.69. The monoisotopic (exact) mass is 308 g/mol. The first-order valence-corrected chi connectivity index (χ1v) is 7.71. The Morgan fingerprint density at radius 2 is 1.78 bits per heavy atom. The van der Waals surface area contributed by atoms with Gasteiger partial charge in [0.15, 0.2) is 0 Å². The van der Waals surface area contributed by atoms with Crippen LogP contribution in [0.15, 0.2) is 42.7 Å². The molecule has 1 fully saturated rings. The van der Waals surface area contributed by atoms with Crippen LogP contribution in [0, 0.1) is 0 Å². The number of nitrogens with zero attached hydrogens (tertiary/aromatic N) is 6. The highest BCUT2D eigenvalue weighted by molar-refractivity contribution is 5.79. The lowest BCUT2D eigenvalue weighted by molar-refractivity contribution is -0.120. The van der Waals surface area contributed by atoms with Crippen LogP contribution in [0.3, 0.4) is 0 Å². The molecule has 0 radical (unpaired) electrons. The SMILES string of the molecule is O=C1CCC(N(c2ncccn2)n2nnc3ccccc32)CC1. The average Bonchev–Trinajstić information content (AvgIpc) is 3.02. The van der Waals surface area contributed by atoms with E-state index in [-0.39, 0.29) is 6.04 Å². The molecule has 7 heteroatoms. The molecule has 7 nitrogen and oxygen atoms in total. The van der Waals surface area contributed by atoms with Gasteiger partial charge in [-0.15, -0.1) is 9.89 Å². The van der Waals surface area contributed by atoms with E-state index in [4.69, 9.17) is 0 Å². The van der Waals surface area contributed by atoms with Gasteiger partial charge in [0.2, 0.25) is 5.95 Å². The van der Waals surface area contributed by atoms with Crippen molar-refractivity contribution >= 4 is 22.8 Å². The number of benzene rings is 1. The van der Waals surface area contributed by atoms with Crippen molar-refractivity contribution in [3.05, 3.63) is 42.7 Å². The molecule has 1 aromatic carbocycles. The van der Waals surface area contributed by atoms with Crippen molar-refractivity contribution in [2.75, 3.05) is 5.01 Å². The lowest BCUT2D eigenvalue weighted by Gasteiger charge is -2.33. The molecule has 1 saturated carbocycles. The zero-order valence-electron chi connectivity index (χ0n) is 12.5. The van der Waals surface area contributed by atoms with Crippen LogP contribution in [0.2, 0.25) is 0 Å². The molecule has 3 aromatic rings. The lowest BCUT2D eigenvalue weighted by atomic mass is 9.94. The van der Waals surface area contributed by atoms with Gasteiger partial charge < -0.3 is 0 Å². The van der Waals surface area contributed by atoms with E-state index in [0.29, 0.717) is 24.6 Å². The molecule has 2 aromatic heterocycles. The third-order valence-electron chi connectivity index (χ3n) is 4.15.